The Labute approximate surface area is 118 Å². The quantitative estimate of drug-likeness (QED) is 0.776. The van der Waals surface area contributed by atoms with Crippen molar-refractivity contribution in [2.75, 3.05) is 23.4 Å². The van der Waals surface area contributed by atoms with Crippen molar-refractivity contribution in [1.82, 2.24) is 5.32 Å². The van der Waals surface area contributed by atoms with Crippen LogP contribution in [0.15, 0.2) is 24.3 Å². The van der Waals surface area contributed by atoms with E-state index in [0.717, 1.165) is 18.2 Å². The van der Waals surface area contributed by atoms with Crippen LogP contribution in [-0.2, 0) is 0 Å². The van der Waals surface area contributed by atoms with Crippen LogP contribution in [0.1, 0.15) is 24.9 Å². The van der Waals surface area contributed by atoms with E-state index in [4.69, 9.17) is 5.73 Å². The molecular weight excluding hydrogens is 258 g/mol. The number of benzene rings is 1. The molecule has 0 radical (unpaired) electrons. The predicted molar refractivity (Wildman–Crippen MR) is 81.5 cm³/mol. The number of urea groups is 1. The molecule has 2 rings (SSSR count). The molecule has 0 saturated carbocycles. The van der Waals surface area contributed by atoms with Gasteiger partial charge in [0.05, 0.1) is 0 Å². The van der Waals surface area contributed by atoms with Crippen LogP contribution in [0.4, 0.5) is 10.5 Å². The van der Waals surface area contributed by atoms with Gasteiger partial charge in [0, 0.05) is 11.7 Å². The molecule has 2 unspecified atom stereocenters. The highest BCUT2D eigenvalue weighted by Gasteiger charge is 2.16. The maximum absolute atomic E-state index is 10.7. The number of hydrogen-bond acceptors (Lipinski definition) is 3. The van der Waals surface area contributed by atoms with Crippen molar-refractivity contribution in [2.45, 2.75) is 19.4 Å². The molecule has 0 aliphatic carbocycles. The number of nitrogens with one attached hydrogen (secondary N) is 2. The van der Waals surface area contributed by atoms with Crippen molar-refractivity contribution in [3.8, 4) is 0 Å². The zero-order valence-electron chi connectivity index (χ0n) is 11.2. The molecule has 1 aromatic rings. The first-order valence-electron chi connectivity index (χ1n) is 6.62. The number of carbonyl (C=O) groups excluding carboxylic acids is 1. The molecule has 1 saturated heterocycles. The first-order valence-corrected chi connectivity index (χ1v) is 7.78. The van der Waals surface area contributed by atoms with E-state index in [0.29, 0.717) is 6.04 Å². The summed E-state index contributed by atoms with van der Waals surface area (Å²) in [6, 6.07) is 7.59. The summed E-state index contributed by atoms with van der Waals surface area (Å²) in [5.74, 6) is 3.39. The minimum atomic E-state index is -0.530. The highest BCUT2D eigenvalue weighted by Crippen LogP contribution is 2.23. The smallest absolute Gasteiger partial charge is 0.316 e. The lowest BCUT2D eigenvalue weighted by Gasteiger charge is -2.17. The fraction of sp³-hybridized carbons (Fsp3) is 0.500. The highest BCUT2D eigenvalue weighted by molar-refractivity contribution is 7.99. The summed E-state index contributed by atoms with van der Waals surface area (Å²) in [6.45, 7) is 3.24. The number of amides is 2. The number of thioether (sulfide) groups is 1. The number of carbonyl (C=O) groups is 1. The van der Waals surface area contributed by atoms with Crippen LogP contribution in [0.25, 0.3) is 0 Å². The molecule has 2 atom stereocenters. The van der Waals surface area contributed by atoms with E-state index in [-0.39, 0.29) is 0 Å². The monoisotopic (exact) mass is 279 g/mol. The third-order valence-electron chi connectivity index (χ3n) is 3.41. The number of primary amides is 1. The Morgan fingerprint density at radius 2 is 2.21 bits per heavy atom. The van der Waals surface area contributed by atoms with Gasteiger partial charge in [0.1, 0.15) is 0 Å². The number of rotatable bonds is 5. The summed E-state index contributed by atoms with van der Waals surface area (Å²) in [7, 11) is 0. The predicted octanol–water partition coefficient (Wildman–Crippen LogP) is 2.58. The van der Waals surface area contributed by atoms with E-state index in [2.05, 4.69) is 17.6 Å². The maximum Gasteiger partial charge on any atom is 0.316 e. The van der Waals surface area contributed by atoms with E-state index in [1.54, 1.807) is 0 Å². The number of nitrogens with two attached hydrogens (primary N) is 1. The van der Waals surface area contributed by atoms with Gasteiger partial charge in [-0.2, -0.15) is 11.8 Å². The second-order valence-corrected chi connectivity index (χ2v) is 6.12. The molecule has 104 valence electrons. The second-order valence-electron chi connectivity index (χ2n) is 4.97. The summed E-state index contributed by atoms with van der Waals surface area (Å²) in [4.78, 5) is 10.7. The molecular formula is C14H21N3OS. The molecule has 4 N–H and O–H groups in total. The minimum Gasteiger partial charge on any atom is -0.351 e. The van der Waals surface area contributed by atoms with E-state index in [1.807, 2.05) is 36.0 Å². The molecule has 0 spiro atoms. The van der Waals surface area contributed by atoms with Crippen LogP contribution in [0.2, 0.25) is 0 Å². The molecule has 1 fully saturated rings. The van der Waals surface area contributed by atoms with Gasteiger partial charge in [-0.1, -0.05) is 12.1 Å². The Morgan fingerprint density at radius 3 is 2.79 bits per heavy atom. The van der Waals surface area contributed by atoms with Crippen LogP contribution >= 0.6 is 11.8 Å². The van der Waals surface area contributed by atoms with E-state index >= 15 is 0 Å². The van der Waals surface area contributed by atoms with Crippen molar-refractivity contribution in [2.24, 2.45) is 11.7 Å². The molecule has 4 nitrogen and oxygen atoms in total. The summed E-state index contributed by atoms with van der Waals surface area (Å²) in [6.07, 6.45) is 1.33. The largest absolute Gasteiger partial charge is 0.351 e. The average molecular weight is 279 g/mol. The average Bonchev–Trinajstić information content (AvgIpc) is 2.89. The second kappa shape index (κ2) is 6.82. The Morgan fingerprint density at radius 1 is 1.47 bits per heavy atom. The van der Waals surface area contributed by atoms with Crippen LogP contribution in [0, 0.1) is 5.92 Å². The summed E-state index contributed by atoms with van der Waals surface area (Å²) in [5.41, 5.74) is 7.03. The van der Waals surface area contributed by atoms with Crippen molar-refractivity contribution in [1.29, 1.82) is 0 Å². The van der Waals surface area contributed by atoms with E-state index < -0.39 is 6.03 Å². The standard InChI is InChI=1S/C14H21N3OS/c1-10(16-8-11-6-7-19-9-11)12-2-4-13(5-3-12)17-14(15)18/h2-5,10-11,16H,6-9H2,1H3,(H3,15,17,18). The first kappa shape index (κ1) is 14.2. The highest BCUT2D eigenvalue weighted by atomic mass is 32.2. The number of hydrogen-bond donors (Lipinski definition) is 3. The number of anilines is 1. The van der Waals surface area contributed by atoms with Crippen molar-refractivity contribution in [3.63, 3.8) is 0 Å². The molecule has 19 heavy (non-hydrogen) atoms. The Balaban J connectivity index is 1.84. The van der Waals surface area contributed by atoms with Gasteiger partial charge in [0.2, 0.25) is 0 Å². The van der Waals surface area contributed by atoms with Gasteiger partial charge >= 0.3 is 6.03 Å². The fourth-order valence-corrected chi connectivity index (χ4v) is 3.49. The van der Waals surface area contributed by atoms with Crippen LogP contribution < -0.4 is 16.4 Å². The fourth-order valence-electron chi connectivity index (χ4n) is 2.20. The Hall–Kier alpha value is -1.20. The van der Waals surface area contributed by atoms with Gasteiger partial charge in [0.25, 0.3) is 0 Å². The van der Waals surface area contributed by atoms with Crippen LogP contribution in [-0.4, -0.2) is 24.1 Å². The SMILES string of the molecule is CC(NCC1CCSC1)c1ccc(NC(N)=O)cc1. The molecule has 1 aromatic carbocycles. The summed E-state index contributed by atoms with van der Waals surface area (Å²) >= 11 is 2.05. The third-order valence-corrected chi connectivity index (χ3v) is 4.65. The Bertz CT molecular complexity index is 415. The molecule has 0 aromatic heterocycles. The van der Waals surface area contributed by atoms with Gasteiger partial charge in [-0.15, -0.1) is 0 Å². The van der Waals surface area contributed by atoms with Crippen molar-refractivity contribution >= 4 is 23.5 Å². The van der Waals surface area contributed by atoms with Gasteiger partial charge in [-0.3, -0.25) is 0 Å². The zero-order valence-corrected chi connectivity index (χ0v) is 12.0. The lowest BCUT2D eigenvalue weighted by Crippen LogP contribution is -2.25. The molecule has 0 bridgehead atoms. The van der Waals surface area contributed by atoms with Crippen LogP contribution in [0.3, 0.4) is 0 Å². The molecule has 1 aliphatic rings. The maximum atomic E-state index is 10.7. The van der Waals surface area contributed by atoms with Gasteiger partial charge < -0.3 is 16.4 Å². The lowest BCUT2D eigenvalue weighted by molar-refractivity contribution is 0.259. The molecule has 5 heteroatoms. The molecule has 1 heterocycles. The van der Waals surface area contributed by atoms with Gasteiger partial charge in [0.15, 0.2) is 0 Å². The third kappa shape index (κ3) is 4.44. The summed E-state index contributed by atoms with van der Waals surface area (Å²) in [5, 5.41) is 6.14. The first-order chi connectivity index (χ1) is 9.15. The van der Waals surface area contributed by atoms with Gasteiger partial charge in [-0.05, 0) is 55.0 Å². The van der Waals surface area contributed by atoms with E-state index in [1.165, 1.54) is 23.5 Å². The van der Waals surface area contributed by atoms with E-state index in [9.17, 15) is 4.79 Å². The zero-order chi connectivity index (χ0) is 13.7. The van der Waals surface area contributed by atoms with Crippen molar-refractivity contribution in [3.05, 3.63) is 29.8 Å². The van der Waals surface area contributed by atoms with Crippen LogP contribution in [0.5, 0.6) is 0 Å². The van der Waals surface area contributed by atoms with Crippen molar-refractivity contribution < 1.29 is 4.79 Å². The lowest BCUT2D eigenvalue weighted by atomic mass is 10.1. The minimum absolute atomic E-state index is 0.327. The summed E-state index contributed by atoms with van der Waals surface area (Å²) < 4.78 is 0. The van der Waals surface area contributed by atoms with Gasteiger partial charge in [-0.25, -0.2) is 4.79 Å². The normalized spacial score (nSPS) is 20.2. The topological polar surface area (TPSA) is 67.2 Å². The molecule has 2 amide bonds. The molecule has 1 aliphatic heterocycles. The Kier molecular flexibility index (Phi) is 5.10.